The first kappa shape index (κ1) is 32.1. The molecule has 1 saturated carbocycles. The summed E-state index contributed by atoms with van der Waals surface area (Å²) in [5, 5.41) is 0. The number of allylic oxidation sites excluding steroid dienone is 8. The molecule has 41 heavy (non-hydrogen) atoms. The van der Waals surface area contributed by atoms with Gasteiger partial charge in [0.1, 0.15) is 5.82 Å². The Bertz CT molecular complexity index is 1360. The first-order valence-corrected chi connectivity index (χ1v) is 14.9. The van der Waals surface area contributed by atoms with Gasteiger partial charge in [-0.1, -0.05) is 105 Å². The van der Waals surface area contributed by atoms with Crippen molar-refractivity contribution in [3.8, 4) is 0 Å². The molecular weight excluding hydrogens is 501 g/mol. The minimum absolute atomic E-state index is 0.0428. The van der Waals surface area contributed by atoms with Crippen LogP contribution in [-0.2, 0) is 18.3 Å². The highest BCUT2D eigenvalue weighted by Crippen LogP contribution is 2.63. The summed E-state index contributed by atoms with van der Waals surface area (Å²) in [6.45, 7) is 25.4. The molecule has 0 aromatic heterocycles. The average Bonchev–Trinajstić information content (AvgIpc) is 3.20. The minimum atomic E-state index is -0.179. The summed E-state index contributed by atoms with van der Waals surface area (Å²) >= 11 is 0. The molecule has 1 nitrogen and oxygen atoms in total. The van der Waals surface area contributed by atoms with Gasteiger partial charge in [-0.25, -0.2) is 4.39 Å². The minimum Gasteiger partial charge on any atom is -0.405 e. The molecule has 0 radical (unpaired) electrons. The molecule has 2 heteroatoms. The van der Waals surface area contributed by atoms with Gasteiger partial charge in [-0.2, -0.15) is 0 Å². The fraction of sp³-hybridized carbons (Fsp3) is 0.385. The largest absolute Gasteiger partial charge is 0.405 e. The van der Waals surface area contributed by atoms with Crippen molar-refractivity contribution in [2.24, 2.45) is 16.6 Å². The molecule has 2 aliphatic rings. The Kier molecular flexibility index (Phi) is 10.2. The maximum absolute atomic E-state index is 13.5. The van der Waals surface area contributed by atoms with Gasteiger partial charge in [0, 0.05) is 10.8 Å². The van der Waals surface area contributed by atoms with Crippen LogP contribution in [-0.4, -0.2) is 0 Å². The Morgan fingerprint density at radius 1 is 1.05 bits per heavy atom. The van der Waals surface area contributed by atoms with Gasteiger partial charge < -0.3 is 5.73 Å². The third-order valence-electron chi connectivity index (χ3n) is 9.71. The van der Waals surface area contributed by atoms with E-state index in [9.17, 15) is 4.39 Å². The summed E-state index contributed by atoms with van der Waals surface area (Å²) < 4.78 is 13.5. The van der Waals surface area contributed by atoms with E-state index in [-0.39, 0.29) is 22.1 Å². The second kappa shape index (κ2) is 13.1. The topological polar surface area (TPSA) is 26.0 Å². The first-order valence-electron chi connectivity index (χ1n) is 14.9. The van der Waals surface area contributed by atoms with Gasteiger partial charge in [-0.3, -0.25) is 0 Å². The lowest BCUT2D eigenvalue weighted by atomic mass is 9.58. The third kappa shape index (κ3) is 6.75. The molecule has 2 atom stereocenters. The number of fused-ring (bicyclic) bond motifs is 1. The highest BCUT2D eigenvalue weighted by molar-refractivity contribution is 5.49. The summed E-state index contributed by atoms with van der Waals surface area (Å²) in [6, 6.07) is 15.9. The van der Waals surface area contributed by atoms with Gasteiger partial charge in [0.25, 0.3) is 0 Å². The van der Waals surface area contributed by atoms with Crippen molar-refractivity contribution in [2.75, 3.05) is 0 Å². The van der Waals surface area contributed by atoms with Crippen LogP contribution in [0, 0.1) is 16.6 Å². The Hall–Kier alpha value is -3.39. The molecule has 218 valence electrons. The van der Waals surface area contributed by atoms with Crippen LogP contribution in [0.25, 0.3) is 0 Å². The fourth-order valence-electron chi connectivity index (χ4n) is 6.79. The Morgan fingerprint density at radius 3 is 2.27 bits per heavy atom. The van der Waals surface area contributed by atoms with Crippen LogP contribution in [0.3, 0.4) is 0 Å². The number of benzene rings is 2. The van der Waals surface area contributed by atoms with Gasteiger partial charge >= 0.3 is 0 Å². The second-order valence-corrected chi connectivity index (χ2v) is 12.9. The van der Waals surface area contributed by atoms with Gasteiger partial charge in [0.15, 0.2) is 0 Å². The van der Waals surface area contributed by atoms with Crippen LogP contribution >= 0.6 is 0 Å². The number of nitrogens with two attached hydrogens (primary N) is 1. The van der Waals surface area contributed by atoms with E-state index in [0.717, 1.165) is 44.1 Å². The molecule has 2 unspecified atom stereocenters. The van der Waals surface area contributed by atoms with E-state index < -0.39 is 0 Å². The van der Waals surface area contributed by atoms with Crippen LogP contribution in [0.2, 0.25) is 0 Å². The maximum atomic E-state index is 13.5. The van der Waals surface area contributed by atoms with Gasteiger partial charge in [0.2, 0.25) is 0 Å². The molecule has 2 aromatic rings. The number of rotatable bonds is 9. The molecule has 0 spiro atoms. The molecule has 0 heterocycles. The zero-order valence-electron chi connectivity index (χ0n) is 26.2. The molecule has 0 saturated heterocycles. The lowest BCUT2D eigenvalue weighted by Crippen LogP contribution is -2.37. The van der Waals surface area contributed by atoms with Crippen LogP contribution in [0.15, 0.2) is 121 Å². The van der Waals surface area contributed by atoms with Gasteiger partial charge in [-0.15, -0.1) is 6.58 Å². The molecule has 0 bridgehead atoms. The molecule has 0 aliphatic heterocycles. The zero-order valence-corrected chi connectivity index (χ0v) is 26.2. The molecule has 0 amide bonds. The van der Waals surface area contributed by atoms with Crippen LogP contribution in [0.5, 0.6) is 0 Å². The predicted octanol–water partition coefficient (Wildman–Crippen LogP) is 10.5. The van der Waals surface area contributed by atoms with E-state index in [0.29, 0.717) is 0 Å². The standard InChI is InChI=1S/C37H45F.C2H5N/c1-9-37(20-18-29-12-10-11-13-34(29)35(6,7)27(4)5)21-19-32-24-30(23-28-14-16-33(38)17-15-28)31(22-26(2)3)25-36(32,37)8;1-2-3/h9-17,22,24H,1,4,18-21,23,25H2,2-3,5-8H3;2H,1,3H2. The molecule has 4 rings (SSSR count). The van der Waals surface area contributed by atoms with Crippen molar-refractivity contribution < 1.29 is 4.39 Å². The fourth-order valence-corrected chi connectivity index (χ4v) is 6.79. The summed E-state index contributed by atoms with van der Waals surface area (Å²) in [5.41, 5.74) is 15.5. The van der Waals surface area contributed by atoms with Crippen molar-refractivity contribution in [1.82, 2.24) is 0 Å². The van der Waals surface area contributed by atoms with Crippen molar-refractivity contribution in [3.63, 3.8) is 0 Å². The van der Waals surface area contributed by atoms with Crippen LogP contribution in [0.4, 0.5) is 4.39 Å². The molecule has 2 aromatic carbocycles. The zero-order chi connectivity index (χ0) is 30.4. The lowest BCUT2D eigenvalue weighted by molar-refractivity contribution is 0.162. The van der Waals surface area contributed by atoms with Crippen molar-refractivity contribution >= 4 is 0 Å². The number of hydrogen-bond acceptors (Lipinski definition) is 1. The van der Waals surface area contributed by atoms with Gasteiger partial charge in [0.05, 0.1) is 0 Å². The SMILES string of the molecule is C=CC1(CCc2ccccc2C(C)(C)C(=C)C)CCC2=CC(Cc3ccc(F)cc3)=C(C=C(C)C)CC21C.C=CN. The summed E-state index contributed by atoms with van der Waals surface area (Å²) in [5.74, 6) is -0.179. The van der Waals surface area contributed by atoms with E-state index in [4.69, 9.17) is 0 Å². The lowest BCUT2D eigenvalue weighted by Gasteiger charge is -2.46. The third-order valence-corrected chi connectivity index (χ3v) is 9.71. The average molecular weight is 552 g/mol. The molecule has 2 aliphatic carbocycles. The smallest absolute Gasteiger partial charge is 0.123 e. The van der Waals surface area contributed by atoms with E-state index in [1.165, 1.54) is 39.6 Å². The monoisotopic (exact) mass is 551 g/mol. The normalized spacial score (nSPS) is 21.7. The van der Waals surface area contributed by atoms with Gasteiger partial charge in [-0.05, 0) is 111 Å². The number of halogens is 1. The molecule has 1 fully saturated rings. The highest BCUT2D eigenvalue weighted by Gasteiger charge is 2.53. The summed E-state index contributed by atoms with van der Waals surface area (Å²) in [4.78, 5) is 0. The van der Waals surface area contributed by atoms with Crippen molar-refractivity contribution in [3.05, 3.63) is 143 Å². The Labute approximate surface area is 249 Å². The Balaban J connectivity index is 0.00000147. The molecule has 2 N–H and O–H groups in total. The van der Waals surface area contributed by atoms with E-state index in [1.54, 1.807) is 17.7 Å². The molecular formula is C39H50FN. The van der Waals surface area contributed by atoms with Crippen molar-refractivity contribution in [1.29, 1.82) is 0 Å². The van der Waals surface area contributed by atoms with E-state index >= 15 is 0 Å². The quantitative estimate of drug-likeness (QED) is 0.308. The van der Waals surface area contributed by atoms with E-state index in [1.807, 2.05) is 12.1 Å². The van der Waals surface area contributed by atoms with Crippen LogP contribution in [0.1, 0.15) is 83.9 Å². The second-order valence-electron chi connectivity index (χ2n) is 12.9. The van der Waals surface area contributed by atoms with Crippen molar-refractivity contribution in [2.45, 2.75) is 85.5 Å². The number of aryl methyl sites for hydroxylation is 1. The highest BCUT2D eigenvalue weighted by atomic mass is 19.1. The first-order chi connectivity index (χ1) is 19.3. The summed E-state index contributed by atoms with van der Waals surface area (Å²) in [7, 11) is 0. The Morgan fingerprint density at radius 2 is 1.68 bits per heavy atom. The predicted molar refractivity (Wildman–Crippen MR) is 176 cm³/mol. The van der Waals surface area contributed by atoms with E-state index in [2.05, 4.69) is 110 Å². The summed E-state index contributed by atoms with van der Waals surface area (Å²) in [6.07, 6.45) is 14.6. The number of hydrogen-bond donors (Lipinski definition) is 1. The van der Waals surface area contributed by atoms with Crippen LogP contribution < -0.4 is 5.73 Å². The maximum Gasteiger partial charge on any atom is 0.123 e.